The molecule has 1 aliphatic rings. The fourth-order valence-corrected chi connectivity index (χ4v) is 2.54. The third-order valence-corrected chi connectivity index (χ3v) is 3.69. The Kier molecular flexibility index (Phi) is 4.75. The number of nitrogens with one attached hydrogen (secondary N) is 1. The number of rotatable bonds is 7. The van der Waals surface area contributed by atoms with E-state index in [-0.39, 0.29) is 18.9 Å². The zero-order valence-electron chi connectivity index (χ0n) is 15.0. The lowest BCUT2D eigenvalue weighted by Gasteiger charge is -2.20. The van der Waals surface area contributed by atoms with Gasteiger partial charge in [0.15, 0.2) is 0 Å². The summed E-state index contributed by atoms with van der Waals surface area (Å²) in [6, 6.07) is -0.984. The maximum atomic E-state index is 11.2. The Labute approximate surface area is 132 Å². The molecule has 7 heteroatoms. The Morgan fingerprint density at radius 2 is 2.05 bits per heavy atom. The molecule has 7 nitrogen and oxygen atoms in total. The van der Waals surface area contributed by atoms with Crippen LogP contribution < -0.4 is 5.32 Å². The van der Waals surface area contributed by atoms with Crippen LogP contribution in [0.15, 0.2) is 23.8 Å². The van der Waals surface area contributed by atoms with E-state index in [0.29, 0.717) is 5.57 Å². The molecule has 4 atom stereocenters. The largest absolute Gasteiger partial charge is 0.481 e. The van der Waals surface area contributed by atoms with E-state index in [2.05, 4.69) is 5.32 Å². The Balaban J connectivity index is 2.96. The summed E-state index contributed by atoms with van der Waals surface area (Å²) in [6.45, 7) is -0.743. The van der Waals surface area contributed by atoms with Crippen molar-refractivity contribution in [3.63, 3.8) is 0 Å². The van der Waals surface area contributed by atoms with E-state index in [1.54, 1.807) is 6.92 Å². The van der Waals surface area contributed by atoms with E-state index >= 15 is 0 Å². The molecule has 4 N–H and O–H groups in total. The van der Waals surface area contributed by atoms with Gasteiger partial charge in [-0.3, -0.25) is 14.4 Å². The average molecular weight is 314 g/mol. The minimum Gasteiger partial charge on any atom is -0.481 e. The molecule has 1 fully saturated rings. The fourth-order valence-electron chi connectivity index (χ4n) is 2.54. The monoisotopic (exact) mass is 314 g/mol. The number of carboxylic acids is 3. The number of allylic oxidation sites excluding steroid dienone is 2. The minimum absolute atomic E-state index is 0.271. The summed E-state index contributed by atoms with van der Waals surface area (Å²) in [5.74, 6) is -6.39. The molecule has 22 heavy (non-hydrogen) atoms. The van der Waals surface area contributed by atoms with Gasteiger partial charge < -0.3 is 20.6 Å². The van der Waals surface area contributed by atoms with E-state index in [9.17, 15) is 19.5 Å². The van der Waals surface area contributed by atoms with Crippen molar-refractivity contribution in [1.82, 2.24) is 5.32 Å². The average Bonchev–Trinajstić information content (AvgIpc) is 2.84. The second-order valence-corrected chi connectivity index (χ2v) is 5.20. The zero-order chi connectivity index (χ0) is 19.4. The van der Waals surface area contributed by atoms with Crippen LogP contribution in [-0.2, 0) is 14.4 Å². The van der Waals surface area contributed by atoms with Crippen LogP contribution >= 0.6 is 0 Å². The van der Waals surface area contributed by atoms with Crippen LogP contribution in [0.25, 0.3) is 0 Å². The Morgan fingerprint density at radius 3 is 2.55 bits per heavy atom. The molecule has 0 aromatic rings. The molecule has 0 spiro atoms. The molecule has 1 rings (SSSR count). The van der Waals surface area contributed by atoms with Gasteiger partial charge in [-0.2, -0.15) is 0 Å². The maximum absolute atomic E-state index is 11.2. The molecule has 0 amide bonds. The Bertz CT molecular complexity index is 599. The first-order valence-electron chi connectivity index (χ1n) is 8.21. The van der Waals surface area contributed by atoms with Gasteiger partial charge in [0.05, 0.1) is 12.3 Å². The molecule has 0 bridgehead atoms. The summed E-state index contributed by atoms with van der Waals surface area (Å²) >= 11 is 0. The van der Waals surface area contributed by atoms with E-state index in [1.807, 2.05) is 0 Å². The molecule has 0 aromatic heterocycles. The first-order chi connectivity index (χ1) is 11.4. The maximum Gasteiger partial charge on any atom is 0.321 e. The van der Waals surface area contributed by atoms with Crippen molar-refractivity contribution in [2.24, 2.45) is 17.8 Å². The third-order valence-electron chi connectivity index (χ3n) is 3.69. The molecule has 0 aromatic carbocycles. The van der Waals surface area contributed by atoms with Crippen LogP contribution in [0, 0.1) is 17.8 Å². The van der Waals surface area contributed by atoms with E-state index in [4.69, 9.17) is 14.3 Å². The van der Waals surface area contributed by atoms with Gasteiger partial charge in [-0.25, -0.2) is 0 Å². The molecule has 122 valence electrons. The van der Waals surface area contributed by atoms with Crippen LogP contribution in [0.2, 0.25) is 0 Å². The molecule has 0 aliphatic carbocycles. The molecule has 1 saturated heterocycles. The smallest absolute Gasteiger partial charge is 0.321 e. The molecule has 0 saturated carbocycles. The molecular formula is C15H21NO6. The van der Waals surface area contributed by atoms with Gasteiger partial charge in [0, 0.05) is 16.6 Å². The number of carboxylic acid groups (broad SMARTS) is 3. The molecular weight excluding hydrogens is 290 g/mol. The molecule has 0 radical (unpaired) electrons. The van der Waals surface area contributed by atoms with Gasteiger partial charge in [-0.15, -0.1) is 0 Å². The van der Waals surface area contributed by atoms with Crippen LogP contribution in [-0.4, -0.2) is 45.8 Å². The summed E-state index contributed by atoms with van der Waals surface area (Å²) in [5, 5.41) is 29.9. The van der Waals surface area contributed by atoms with Crippen molar-refractivity contribution >= 4 is 17.9 Å². The SMILES string of the molecule is [2H]C([2H])([2H])[C@H](/C=C/C=C(/C)[C@H]1CN[C@H](C(=O)O)[C@H]1CC(=O)O)C(=O)O. The Morgan fingerprint density at radius 1 is 1.36 bits per heavy atom. The predicted octanol–water partition coefficient (Wildman–Crippen LogP) is 0.973. The van der Waals surface area contributed by atoms with Gasteiger partial charge in [-0.1, -0.05) is 23.8 Å². The van der Waals surface area contributed by atoms with Gasteiger partial charge in [0.25, 0.3) is 0 Å². The van der Waals surface area contributed by atoms with Crippen molar-refractivity contribution in [2.45, 2.75) is 26.2 Å². The van der Waals surface area contributed by atoms with E-state index in [0.717, 1.165) is 6.08 Å². The van der Waals surface area contributed by atoms with Crippen LogP contribution in [0.3, 0.4) is 0 Å². The number of aliphatic carboxylic acids is 3. The van der Waals surface area contributed by atoms with Gasteiger partial charge in [0.2, 0.25) is 0 Å². The lowest BCUT2D eigenvalue weighted by Crippen LogP contribution is -2.36. The summed E-state index contributed by atoms with van der Waals surface area (Å²) in [5.41, 5.74) is 0.647. The number of hydrogen-bond donors (Lipinski definition) is 4. The van der Waals surface area contributed by atoms with Crippen molar-refractivity contribution in [2.75, 3.05) is 6.54 Å². The van der Waals surface area contributed by atoms with Crippen LogP contribution in [0.4, 0.5) is 0 Å². The highest BCUT2D eigenvalue weighted by molar-refractivity contribution is 5.76. The number of hydrogen-bond acceptors (Lipinski definition) is 4. The lowest BCUT2D eigenvalue weighted by atomic mass is 9.83. The van der Waals surface area contributed by atoms with E-state index in [1.165, 1.54) is 12.2 Å². The zero-order valence-corrected chi connectivity index (χ0v) is 12.0. The first-order valence-corrected chi connectivity index (χ1v) is 6.71. The van der Waals surface area contributed by atoms with E-state index < -0.39 is 42.6 Å². The minimum atomic E-state index is -2.68. The van der Waals surface area contributed by atoms with Gasteiger partial charge in [0.1, 0.15) is 6.04 Å². The highest BCUT2D eigenvalue weighted by Crippen LogP contribution is 2.31. The first kappa shape index (κ1) is 13.5. The molecule has 1 heterocycles. The van der Waals surface area contributed by atoms with Crippen molar-refractivity contribution in [3.05, 3.63) is 23.8 Å². The van der Waals surface area contributed by atoms with Gasteiger partial charge in [-0.05, 0) is 19.7 Å². The third kappa shape index (κ3) is 4.70. The second kappa shape index (κ2) is 7.74. The summed E-state index contributed by atoms with van der Waals surface area (Å²) in [6.07, 6.45) is 3.51. The van der Waals surface area contributed by atoms with Crippen LogP contribution in [0.5, 0.6) is 0 Å². The lowest BCUT2D eigenvalue weighted by molar-refractivity contribution is -0.142. The predicted molar refractivity (Wildman–Crippen MR) is 78.4 cm³/mol. The van der Waals surface area contributed by atoms with Gasteiger partial charge >= 0.3 is 17.9 Å². The van der Waals surface area contributed by atoms with Crippen molar-refractivity contribution < 1.29 is 33.8 Å². The summed E-state index contributed by atoms with van der Waals surface area (Å²) in [7, 11) is 0. The quantitative estimate of drug-likeness (QED) is 0.516. The topological polar surface area (TPSA) is 124 Å². The highest BCUT2D eigenvalue weighted by atomic mass is 16.4. The van der Waals surface area contributed by atoms with Crippen molar-refractivity contribution in [1.29, 1.82) is 0 Å². The van der Waals surface area contributed by atoms with Crippen molar-refractivity contribution in [3.8, 4) is 0 Å². The molecule has 1 aliphatic heterocycles. The highest BCUT2D eigenvalue weighted by Gasteiger charge is 2.41. The summed E-state index contributed by atoms with van der Waals surface area (Å²) < 4.78 is 21.6. The Hall–Kier alpha value is -2.15. The fraction of sp³-hybridized carbons (Fsp3) is 0.533. The standard InChI is InChI=1S/C15H21NO6/c1-8(4-3-5-9(2)14(19)20)11-7-16-13(15(21)22)10(11)6-12(17)18/h3-5,9-11,13,16H,6-7H2,1-2H3,(H,17,18)(H,19,20)(H,21,22)/b5-3+,8-4-/t9-,10+,11-,13+/m1/s1/i2D3. The normalized spacial score (nSPS) is 29.6. The summed E-state index contributed by atoms with van der Waals surface area (Å²) in [4.78, 5) is 33.2. The van der Waals surface area contributed by atoms with Crippen LogP contribution in [0.1, 0.15) is 24.3 Å². The number of carbonyl (C=O) groups is 3. The molecule has 0 unspecified atom stereocenters. The second-order valence-electron chi connectivity index (χ2n) is 5.20.